The first-order valence-electron chi connectivity index (χ1n) is 5.60. The number of benzene rings is 1. The molecule has 1 aliphatic rings. The summed E-state index contributed by atoms with van der Waals surface area (Å²) in [7, 11) is 0. The largest absolute Gasteiger partial charge is 0.478 e. The van der Waals surface area contributed by atoms with Gasteiger partial charge in [-0.2, -0.15) is 0 Å². The highest BCUT2D eigenvalue weighted by molar-refractivity contribution is 7.19. The normalized spacial score (nSPS) is 12.7. The van der Waals surface area contributed by atoms with E-state index in [0.717, 1.165) is 10.4 Å². The zero-order valence-electron chi connectivity index (χ0n) is 10.1. The molecule has 0 atom stereocenters. The van der Waals surface area contributed by atoms with Crippen LogP contribution in [0.25, 0.3) is 10.4 Å². The Kier molecular flexibility index (Phi) is 2.60. The van der Waals surface area contributed by atoms with Crippen LogP contribution >= 0.6 is 11.3 Å². The first-order valence-corrected chi connectivity index (χ1v) is 6.41. The number of rotatable bonds is 2. The molecule has 98 valence electrons. The minimum absolute atomic E-state index is 0.178. The molecule has 2 heterocycles. The standard InChI is InChI=1S/C13H11NO4S/c1-6-10(13(15)16)12(14)19-11(6)7-2-3-8-9(4-7)18-5-17-8/h2-4H,5,14H2,1H3,(H,15,16). The summed E-state index contributed by atoms with van der Waals surface area (Å²) in [5, 5.41) is 9.46. The Morgan fingerprint density at radius 2 is 2.11 bits per heavy atom. The van der Waals surface area contributed by atoms with Crippen LogP contribution in [0.4, 0.5) is 5.00 Å². The van der Waals surface area contributed by atoms with Crippen molar-refractivity contribution in [2.75, 3.05) is 12.5 Å². The maximum Gasteiger partial charge on any atom is 0.338 e. The molecule has 0 fully saturated rings. The molecule has 0 aliphatic carbocycles. The number of hydrogen-bond acceptors (Lipinski definition) is 5. The molecule has 3 N–H and O–H groups in total. The zero-order valence-corrected chi connectivity index (χ0v) is 10.9. The van der Waals surface area contributed by atoms with Crippen LogP contribution in [0.15, 0.2) is 18.2 Å². The van der Waals surface area contributed by atoms with E-state index < -0.39 is 5.97 Å². The van der Waals surface area contributed by atoms with Crippen LogP contribution in [0.2, 0.25) is 0 Å². The minimum atomic E-state index is -1.00. The maximum atomic E-state index is 11.2. The third-order valence-corrected chi connectivity index (χ3v) is 4.19. The van der Waals surface area contributed by atoms with Gasteiger partial charge in [0, 0.05) is 4.88 Å². The van der Waals surface area contributed by atoms with Crippen LogP contribution < -0.4 is 15.2 Å². The van der Waals surface area contributed by atoms with E-state index in [2.05, 4.69) is 0 Å². The molecule has 6 heteroatoms. The van der Waals surface area contributed by atoms with Gasteiger partial charge in [-0.3, -0.25) is 0 Å². The summed E-state index contributed by atoms with van der Waals surface area (Å²) in [4.78, 5) is 12.0. The lowest BCUT2D eigenvalue weighted by atomic mass is 10.1. The Morgan fingerprint density at radius 3 is 2.79 bits per heavy atom. The van der Waals surface area contributed by atoms with Crippen LogP contribution in [0, 0.1) is 6.92 Å². The van der Waals surface area contributed by atoms with Gasteiger partial charge in [0.2, 0.25) is 6.79 Å². The van der Waals surface area contributed by atoms with Gasteiger partial charge >= 0.3 is 5.97 Å². The minimum Gasteiger partial charge on any atom is -0.478 e. The third kappa shape index (κ3) is 1.80. The van der Waals surface area contributed by atoms with Crippen molar-refractivity contribution in [2.24, 2.45) is 0 Å². The number of aromatic carboxylic acids is 1. The van der Waals surface area contributed by atoms with Crippen LogP contribution in [-0.2, 0) is 0 Å². The monoisotopic (exact) mass is 277 g/mol. The molecule has 0 saturated carbocycles. The van der Waals surface area contributed by atoms with Crippen LogP contribution in [0.3, 0.4) is 0 Å². The van der Waals surface area contributed by atoms with Gasteiger partial charge in [-0.25, -0.2) is 4.79 Å². The number of carbonyl (C=O) groups is 1. The topological polar surface area (TPSA) is 81.8 Å². The molecule has 1 aromatic heterocycles. The van der Waals surface area contributed by atoms with E-state index in [9.17, 15) is 4.79 Å². The molecule has 0 bridgehead atoms. The number of thiophene rings is 1. The molecular formula is C13H11NO4S. The quantitative estimate of drug-likeness (QED) is 0.882. The second-order valence-corrected chi connectivity index (χ2v) is 5.22. The molecule has 0 saturated heterocycles. The molecule has 19 heavy (non-hydrogen) atoms. The van der Waals surface area contributed by atoms with Crippen LogP contribution in [-0.4, -0.2) is 17.9 Å². The van der Waals surface area contributed by atoms with Crippen molar-refractivity contribution in [2.45, 2.75) is 6.92 Å². The lowest BCUT2D eigenvalue weighted by Gasteiger charge is -2.02. The number of nitrogens with two attached hydrogens (primary N) is 1. The van der Waals surface area contributed by atoms with Crippen molar-refractivity contribution in [1.29, 1.82) is 0 Å². The van der Waals surface area contributed by atoms with E-state index in [4.69, 9.17) is 20.3 Å². The van der Waals surface area contributed by atoms with Crippen molar-refractivity contribution in [3.05, 3.63) is 29.3 Å². The molecule has 3 rings (SSSR count). The lowest BCUT2D eigenvalue weighted by Crippen LogP contribution is -2.00. The van der Waals surface area contributed by atoms with Crippen molar-refractivity contribution >= 4 is 22.3 Å². The van der Waals surface area contributed by atoms with Gasteiger partial charge in [0.1, 0.15) is 5.00 Å². The number of nitrogen functional groups attached to an aromatic ring is 1. The van der Waals surface area contributed by atoms with Gasteiger partial charge in [0.05, 0.1) is 5.56 Å². The van der Waals surface area contributed by atoms with Gasteiger partial charge in [-0.05, 0) is 36.2 Å². The fourth-order valence-electron chi connectivity index (χ4n) is 2.11. The number of hydrogen-bond donors (Lipinski definition) is 2. The highest BCUT2D eigenvalue weighted by Gasteiger charge is 2.21. The Labute approximate surface area is 113 Å². The molecule has 0 radical (unpaired) electrons. The van der Waals surface area contributed by atoms with Gasteiger partial charge < -0.3 is 20.3 Å². The summed E-state index contributed by atoms with van der Waals surface area (Å²) < 4.78 is 10.6. The first-order chi connectivity index (χ1) is 9.08. The average molecular weight is 277 g/mol. The lowest BCUT2D eigenvalue weighted by molar-refractivity contribution is 0.0698. The van der Waals surface area contributed by atoms with E-state index in [1.807, 2.05) is 18.2 Å². The molecule has 1 aliphatic heterocycles. The van der Waals surface area contributed by atoms with E-state index in [1.54, 1.807) is 6.92 Å². The molecule has 0 amide bonds. The summed E-state index contributed by atoms with van der Waals surface area (Å²) in [6.07, 6.45) is 0. The summed E-state index contributed by atoms with van der Waals surface area (Å²) in [6.45, 7) is 1.97. The molecular weight excluding hydrogens is 266 g/mol. The average Bonchev–Trinajstić information content (AvgIpc) is 2.92. The van der Waals surface area contributed by atoms with Crippen molar-refractivity contribution in [3.63, 3.8) is 0 Å². The Balaban J connectivity index is 2.12. The SMILES string of the molecule is Cc1c(-c2ccc3c(c2)OCO3)sc(N)c1C(=O)O. The van der Waals surface area contributed by atoms with Gasteiger partial charge in [0.25, 0.3) is 0 Å². The Hall–Kier alpha value is -2.21. The highest BCUT2D eigenvalue weighted by Crippen LogP contribution is 2.42. The van der Waals surface area contributed by atoms with Crippen LogP contribution in [0.1, 0.15) is 15.9 Å². The van der Waals surface area contributed by atoms with Crippen LogP contribution in [0.5, 0.6) is 11.5 Å². The van der Waals surface area contributed by atoms with E-state index in [1.165, 1.54) is 11.3 Å². The van der Waals surface area contributed by atoms with E-state index in [0.29, 0.717) is 22.1 Å². The van der Waals surface area contributed by atoms with Crippen molar-refractivity contribution in [3.8, 4) is 21.9 Å². The second-order valence-electron chi connectivity index (χ2n) is 4.17. The number of carboxylic acid groups (broad SMARTS) is 1. The summed E-state index contributed by atoms with van der Waals surface area (Å²) >= 11 is 1.27. The molecule has 2 aromatic rings. The maximum absolute atomic E-state index is 11.2. The summed E-state index contributed by atoms with van der Waals surface area (Å²) in [5.41, 5.74) is 7.51. The molecule has 0 spiro atoms. The fraction of sp³-hybridized carbons (Fsp3) is 0.154. The van der Waals surface area contributed by atoms with E-state index >= 15 is 0 Å². The highest BCUT2D eigenvalue weighted by atomic mass is 32.1. The predicted octanol–water partition coefficient (Wildman–Crippen LogP) is 2.73. The van der Waals surface area contributed by atoms with Crippen molar-refractivity contribution < 1.29 is 19.4 Å². The fourth-order valence-corrected chi connectivity index (χ4v) is 3.18. The summed E-state index contributed by atoms with van der Waals surface area (Å²) in [5.74, 6) is 0.364. The van der Waals surface area contributed by atoms with Gasteiger partial charge in [-0.1, -0.05) is 0 Å². The number of carboxylic acids is 1. The third-order valence-electron chi connectivity index (χ3n) is 3.02. The van der Waals surface area contributed by atoms with Crippen molar-refractivity contribution in [1.82, 2.24) is 0 Å². The number of fused-ring (bicyclic) bond motifs is 1. The Morgan fingerprint density at radius 1 is 1.37 bits per heavy atom. The first kappa shape index (κ1) is 11.9. The number of ether oxygens (including phenoxy) is 2. The smallest absolute Gasteiger partial charge is 0.338 e. The Bertz CT molecular complexity index is 678. The summed E-state index contributed by atoms with van der Waals surface area (Å²) in [6, 6.07) is 5.52. The number of anilines is 1. The van der Waals surface area contributed by atoms with E-state index in [-0.39, 0.29) is 12.4 Å². The van der Waals surface area contributed by atoms with Gasteiger partial charge in [-0.15, -0.1) is 11.3 Å². The zero-order chi connectivity index (χ0) is 13.6. The molecule has 1 aromatic carbocycles. The predicted molar refractivity (Wildman–Crippen MR) is 72.0 cm³/mol. The molecule has 0 unspecified atom stereocenters. The van der Waals surface area contributed by atoms with Gasteiger partial charge in [0.15, 0.2) is 11.5 Å². The molecule has 5 nitrogen and oxygen atoms in total. The second kappa shape index (κ2) is 4.17.